The smallest absolute Gasteiger partial charge is 0.338 e. The van der Waals surface area contributed by atoms with Crippen LogP contribution in [0.3, 0.4) is 0 Å². The molecule has 0 aliphatic heterocycles. The molecule has 1 aliphatic rings. The Balaban J connectivity index is 1.82. The fourth-order valence-corrected chi connectivity index (χ4v) is 2.22. The quantitative estimate of drug-likeness (QED) is 0.475. The van der Waals surface area contributed by atoms with Crippen LogP contribution >= 0.6 is 0 Å². The minimum Gasteiger partial charge on any atom is -0.462 e. The van der Waals surface area contributed by atoms with Gasteiger partial charge in [-0.25, -0.2) is 14.5 Å². The lowest BCUT2D eigenvalue weighted by molar-refractivity contribution is -0.384. The summed E-state index contributed by atoms with van der Waals surface area (Å²) in [7, 11) is 0. The van der Waals surface area contributed by atoms with E-state index in [4.69, 9.17) is 4.74 Å². The Morgan fingerprint density at radius 2 is 2.32 bits per heavy atom. The lowest BCUT2D eigenvalue weighted by atomic mass is 10.1. The fourth-order valence-electron chi connectivity index (χ4n) is 2.22. The molecule has 3 rings (SSSR count). The number of rotatable bonds is 5. The Kier molecular flexibility index (Phi) is 3.58. The highest BCUT2D eigenvalue weighted by Crippen LogP contribution is 2.37. The molecule has 1 aliphatic carbocycles. The van der Waals surface area contributed by atoms with Crippen LogP contribution in [0.1, 0.15) is 23.7 Å². The molecule has 8 nitrogen and oxygen atoms in total. The van der Waals surface area contributed by atoms with Crippen molar-refractivity contribution in [3.8, 4) is 5.69 Å². The maximum atomic E-state index is 12.0. The van der Waals surface area contributed by atoms with Crippen LogP contribution in [0.5, 0.6) is 0 Å². The summed E-state index contributed by atoms with van der Waals surface area (Å²) in [6.45, 7) is 2.45. The predicted octanol–water partition coefficient (Wildman–Crippen LogP) is 1.99. The van der Waals surface area contributed by atoms with Gasteiger partial charge in [-0.15, -0.1) is 0 Å². The number of esters is 1. The first-order valence-electron chi connectivity index (χ1n) is 6.87. The average molecular weight is 302 g/mol. The number of nitro benzene ring substituents is 1. The van der Waals surface area contributed by atoms with E-state index in [-0.39, 0.29) is 16.9 Å². The van der Waals surface area contributed by atoms with Crippen molar-refractivity contribution in [2.45, 2.75) is 13.3 Å². The van der Waals surface area contributed by atoms with Gasteiger partial charge in [-0.1, -0.05) is 6.92 Å². The summed E-state index contributed by atoms with van der Waals surface area (Å²) in [6.07, 6.45) is 3.69. The van der Waals surface area contributed by atoms with Crippen molar-refractivity contribution in [1.29, 1.82) is 0 Å². The Labute approximate surface area is 125 Å². The predicted molar refractivity (Wildman–Crippen MR) is 75.6 cm³/mol. The van der Waals surface area contributed by atoms with Crippen LogP contribution in [-0.4, -0.2) is 32.3 Å². The Bertz CT molecular complexity index is 714. The van der Waals surface area contributed by atoms with Crippen molar-refractivity contribution in [3.63, 3.8) is 0 Å². The molecule has 2 atom stereocenters. The summed E-state index contributed by atoms with van der Waals surface area (Å²) in [6, 6.07) is 4.15. The lowest BCUT2D eigenvalue weighted by Crippen LogP contribution is -2.09. The van der Waals surface area contributed by atoms with Crippen LogP contribution in [-0.2, 0) is 4.74 Å². The van der Waals surface area contributed by atoms with Crippen molar-refractivity contribution in [2.75, 3.05) is 6.61 Å². The minimum absolute atomic E-state index is 0.156. The molecule has 2 aromatic rings. The van der Waals surface area contributed by atoms with Crippen LogP contribution in [0.15, 0.2) is 30.9 Å². The molecule has 0 saturated heterocycles. The lowest BCUT2D eigenvalue weighted by Gasteiger charge is -2.06. The third kappa shape index (κ3) is 2.80. The van der Waals surface area contributed by atoms with E-state index >= 15 is 0 Å². The van der Waals surface area contributed by atoms with E-state index < -0.39 is 10.9 Å². The van der Waals surface area contributed by atoms with Crippen molar-refractivity contribution >= 4 is 11.7 Å². The van der Waals surface area contributed by atoms with Gasteiger partial charge in [0.2, 0.25) is 0 Å². The molecule has 1 aromatic carbocycles. The van der Waals surface area contributed by atoms with Gasteiger partial charge in [0.05, 0.1) is 17.1 Å². The summed E-state index contributed by atoms with van der Waals surface area (Å²) in [5.41, 5.74) is 0.179. The molecular formula is C14H14N4O4. The zero-order valence-corrected chi connectivity index (χ0v) is 11.9. The van der Waals surface area contributed by atoms with Crippen molar-refractivity contribution < 1.29 is 14.5 Å². The third-order valence-electron chi connectivity index (χ3n) is 3.78. The van der Waals surface area contributed by atoms with Gasteiger partial charge < -0.3 is 4.74 Å². The molecule has 1 heterocycles. The molecule has 1 aromatic heterocycles. The van der Waals surface area contributed by atoms with Gasteiger partial charge in [0.25, 0.3) is 5.69 Å². The van der Waals surface area contributed by atoms with Crippen molar-refractivity contribution in [2.24, 2.45) is 11.8 Å². The number of carbonyl (C=O) groups excluding carboxylic acids is 1. The van der Waals surface area contributed by atoms with Crippen LogP contribution in [0.2, 0.25) is 0 Å². The Morgan fingerprint density at radius 3 is 2.91 bits per heavy atom. The fraction of sp³-hybridized carbons (Fsp3) is 0.357. The van der Waals surface area contributed by atoms with E-state index in [2.05, 4.69) is 17.0 Å². The van der Waals surface area contributed by atoms with Crippen LogP contribution < -0.4 is 0 Å². The maximum Gasteiger partial charge on any atom is 0.338 e. The number of carbonyl (C=O) groups is 1. The van der Waals surface area contributed by atoms with Gasteiger partial charge in [0.15, 0.2) is 0 Å². The summed E-state index contributed by atoms with van der Waals surface area (Å²) in [4.78, 5) is 26.4. The SMILES string of the molecule is CC1CC1COC(=O)c1ccc(-n2cncn2)c([N+](=O)[O-])c1. The minimum atomic E-state index is -0.559. The van der Waals surface area contributed by atoms with Crippen molar-refractivity contribution in [1.82, 2.24) is 14.8 Å². The molecule has 2 unspecified atom stereocenters. The van der Waals surface area contributed by atoms with E-state index in [0.29, 0.717) is 18.4 Å². The molecule has 0 amide bonds. The molecule has 0 N–H and O–H groups in total. The molecule has 22 heavy (non-hydrogen) atoms. The van der Waals surface area contributed by atoms with Crippen LogP contribution in [0, 0.1) is 22.0 Å². The summed E-state index contributed by atoms with van der Waals surface area (Å²) in [5, 5.41) is 15.1. The van der Waals surface area contributed by atoms with E-state index in [1.54, 1.807) is 0 Å². The van der Waals surface area contributed by atoms with E-state index in [1.807, 2.05) is 0 Å². The summed E-state index contributed by atoms with van der Waals surface area (Å²) >= 11 is 0. The molecule has 1 fully saturated rings. The highest BCUT2D eigenvalue weighted by atomic mass is 16.6. The average Bonchev–Trinajstić information content (AvgIpc) is 2.99. The number of benzene rings is 1. The molecule has 0 bridgehead atoms. The zero-order valence-electron chi connectivity index (χ0n) is 11.9. The summed E-state index contributed by atoms with van der Waals surface area (Å²) < 4.78 is 6.47. The second-order valence-corrected chi connectivity index (χ2v) is 5.37. The Morgan fingerprint density at radius 1 is 1.55 bits per heavy atom. The van der Waals surface area contributed by atoms with E-state index in [1.165, 1.54) is 35.5 Å². The monoisotopic (exact) mass is 302 g/mol. The van der Waals surface area contributed by atoms with E-state index in [9.17, 15) is 14.9 Å². The third-order valence-corrected chi connectivity index (χ3v) is 3.78. The molecule has 0 radical (unpaired) electrons. The van der Waals surface area contributed by atoms with Crippen LogP contribution in [0.4, 0.5) is 5.69 Å². The highest BCUT2D eigenvalue weighted by Gasteiger charge is 2.33. The number of aromatic nitrogens is 3. The molecular weight excluding hydrogens is 288 g/mol. The van der Waals surface area contributed by atoms with Gasteiger partial charge in [0, 0.05) is 6.07 Å². The second-order valence-electron chi connectivity index (χ2n) is 5.37. The number of hydrogen-bond acceptors (Lipinski definition) is 6. The van der Waals surface area contributed by atoms with E-state index in [0.717, 1.165) is 6.42 Å². The highest BCUT2D eigenvalue weighted by molar-refractivity contribution is 5.90. The van der Waals surface area contributed by atoms with Gasteiger partial charge >= 0.3 is 5.97 Å². The largest absolute Gasteiger partial charge is 0.462 e. The zero-order chi connectivity index (χ0) is 15.7. The second kappa shape index (κ2) is 5.55. The first-order valence-corrected chi connectivity index (χ1v) is 6.87. The number of nitrogens with zero attached hydrogens (tertiary/aromatic N) is 4. The molecule has 8 heteroatoms. The van der Waals surface area contributed by atoms with Gasteiger partial charge in [-0.05, 0) is 30.4 Å². The topological polar surface area (TPSA) is 100 Å². The molecule has 1 saturated carbocycles. The maximum absolute atomic E-state index is 12.0. The van der Waals surface area contributed by atoms with Gasteiger partial charge in [-0.2, -0.15) is 5.10 Å². The first-order chi connectivity index (χ1) is 10.6. The van der Waals surface area contributed by atoms with Crippen molar-refractivity contribution in [3.05, 3.63) is 46.5 Å². The van der Waals surface area contributed by atoms with Crippen LogP contribution in [0.25, 0.3) is 5.69 Å². The number of ether oxygens (including phenoxy) is 1. The molecule has 0 spiro atoms. The Hall–Kier alpha value is -2.77. The van der Waals surface area contributed by atoms with Gasteiger partial charge in [-0.3, -0.25) is 10.1 Å². The standard InChI is InChI=1S/C14H14N4O4/c1-9-4-11(9)6-22-14(19)10-2-3-12(13(5-10)18(20)21)17-8-15-7-16-17/h2-3,5,7-9,11H,4,6H2,1H3. The number of hydrogen-bond donors (Lipinski definition) is 0. The number of nitro groups is 1. The molecule has 114 valence electrons. The van der Waals surface area contributed by atoms with Gasteiger partial charge in [0.1, 0.15) is 18.3 Å². The summed E-state index contributed by atoms with van der Waals surface area (Å²) in [5.74, 6) is 0.442. The first kappa shape index (κ1) is 14.2. The normalized spacial score (nSPS) is 19.7.